The summed E-state index contributed by atoms with van der Waals surface area (Å²) < 4.78 is 13.6. The van der Waals surface area contributed by atoms with Gasteiger partial charge in [-0.25, -0.2) is 0 Å². The van der Waals surface area contributed by atoms with Crippen LogP contribution in [0.15, 0.2) is 9.66 Å². The SMILES string of the molecule is CO[C@@H](CC(=O)C[C@@H](O)[C@H](C)CO[Si](C)(C)C(C)(C)C)C/C(C)=C/I. The molecule has 0 saturated carbocycles. The molecular formula is C19H37IO4Si. The average Bonchev–Trinajstić information content (AvgIpc) is 2.50. The molecule has 0 aromatic carbocycles. The predicted octanol–water partition coefficient (Wildman–Crippen LogP) is 5.10. The Balaban J connectivity index is 4.47. The van der Waals surface area contributed by atoms with Crippen molar-refractivity contribution in [2.75, 3.05) is 13.7 Å². The van der Waals surface area contributed by atoms with Gasteiger partial charge in [0.15, 0.2) is 8.32 Å². The first-order chi connectivity index (χ1) is 11.3. The van der Waals surface area contributed by atoms with Gasteiger partial charge in [0.25, 0.3) is 0 Å². The fraction of sp³-hybridized carbons (Fsp3) is 0.842. The van der Waals surface area contributed by atoms with Gasteiger partial charge in [-0.1, -0.05) is 55.9 Å². The highest BCUT2D eigenvalue weighted by Gasteiger charge is 2.37. The molecule has 25 heavy (non-hydrogen) atoms. The van der Waals surface area contributed by atoms with Crippen LogP contribution in [0, 0.1) is 5.92 Å². The van der Waals surface area contributed by atoms with Gasteiger partial charge in [0, 0.05) is 32.5 Å². The molecule has 1 N–H and O–H groups in total. The molecule has 0 aromatic heterocycles. The summed E-state index contributed by atoms with van der Waals surface area (Å²) in [5, 5.41) is 10.5. The van der Waals surface area contributed by atoms with Crippen molar-refractivity contribution in [2.45, 2.75) is 84.2 Å². The Morgan fingerprint density at radius 3 is 2.24 bits per heavy atom. The van der Waals surface area contributed by atoms with Crippen molar-refractivity contribution in [3.8, 4) is 0 Å². The van der Waals surface area contributed by atoms with Crippen LogP contribution < -0.4 is 0 Å². The van der Waals surface area contributed by atoms with Crippen LogP contribution in [0.25, 0.3) is 0 Å². The normalized spacial score (nSPS) is 17.3. The summed E-state index contributed by atoms with van der Waals surface area (Å²) in [6.45, 7) is 15.4. The first kappa shape index (κ1) is 25.2. The van der Waals surface area contributed by atoms with Crippen LogP contribution in [0.3, 0.4) is 0 Å². The molecule has 3 atom stereocenters. The summed E-state index contributed by atoms with van der Waals surface area (Å²) in [7, 11) is -0.202. The molecule has 0 rings (SSSR count). The molecule has 0 aliphatic carbocycles. The first-order valence-electron chi connectivity index (χ1n) is 8.96. The van der Waals surface area contributed by atoms with Gasteiger partial charge in [0.05, 0.1) is 12.2 Å². The molecule has 6 heteroatoms. The number of hydrogen-bond donors (Lipinski definition) is 1. The Morgan fingerprint density at radius 2 is 1.80 bits per heavy atom. The molecule has 0 spiro atoms. The van der Waals surface area contributed by atoms with Crippen LogP contribution in [0.5, 0.6) is 0 Å². The van der Waals surface area contributed by atoms with E-state index in [2.05, 4.69) is 56.5 Å². The zero-order chi connectivity index (χ0) is 19.8. The minimum absolute atomic E-state index is 0.0415. The van der Waals surface area contributed by atoms with Crippen molar-refractivity contribution in [1.29, 1.82) is 0 Å². The number of rotatable bonds is 11. The van der Waals surface area contributed by atoms with Crippen LogP contribution in [-0.2, 0) is 14.0 Å². The lowest BCUT2D eigenvalue weighted by Crippen LogP contribution is -2.42. The maximum absolute atomic E-state index is 12.3. The number of hydrogen-bond acceptors (Lipinski definition) is 4. The van der Waals surface area contributed by atoms with Gasteiger partial charge < -0.3 is 14.3 Å². The minimum Gasteiger partial charge on any atom is -0.416 e. The number of aliphatic hydroxyl groups excluding tert-OH is 1. The number of Topliss-reactive ketones (excluding diaryl/α,β-unsaturated/α-hetero) is 1. The minimum atomic E-state index is -1.83. The van der Waals surface area contributed by atoms with E-state index >= 15 is 0 Å². The standard InChI is InChI=1S/C19H37IO4Si/c1-14(12-20)9-17(23-6)10-16(21)11-18(22)15(2)13-24-25(7,8)19(3,4)5/h12,15,17-18,22H,9-11,13H2,1-8H3/b14-12+/t15-,17-,18-/m1/s1. The zero-order valence-corrected chi connectivity index (χ0v) is 20.3. The largest absolute Gasteiger partial charge is 0.416 e. The summed E-state index contributed by atoms with van der Waals surface area (Å²) in [5.41, 5.74) is 1.19. The maximum Gasteiger partial charge on any atom is 0.191 e. The van der Waals surface area contributed by atoms with Gasteiger partial charge in [-0.15, -0.1) is 0 Å². The molecule has 0 aromatic rings. The van der Waals surface area contributed by atoms with Crippen LogP contribution >= 0.6 is 22.6 Å². The maximum atomic E-state index is 12.3. The molecule has 0 bridgehead atoms. The molecule has 4 nitrogen and oxygen atoms in total. The Labute approximate surface area is 169 Å². The lowest BCUT2D eigenvalue weighted by Gasteiger charge is -2.37. The molecule has 0 aliphatic heterocycles. The predicted molar refractivity (Wildman–Crippen MR) is 116 cm³/mol. The zero-order valence-electron chi connectivity index (χ0n) is 17.2. The van der Waals surface area contributed by atoms with Gasteiger partial charge in [0.1, 0.15) is 5.78 Å². The highest BCUT2D eigenvalue weighted by Crippen LogP contribution is 2.36. The van der Waals surface area contributed by atoms with E-state index in [1.807, 2.05) is 17.9 Å². The Morgan fingerprint density at radius 1 is 1.24 bits per heavy atom. The number of aliphatic hydroxyl groups is 1. The van der Waals surface area contributed by atoms with Gasteiger partial charge in [-0.3, -0.25) is 4.79 Å². The molecular weight excluding hydrogens is 447 g/mol. The topological polar surface area (TPSA) is 55.8 Å². The summed E-state index contributed by atoms with van der Waals surface area (Å²) in [6, 6.07) is 0. The second kappa shape index (κ2) is 11.2. The second-order valence-corrected chi connectivity index (χ2v) is 14.0. The Hall–Kier alpha value is 0.237. The van der Waals surface area contributed by atoms with Crippen molar-refractivity contribution in [2.24, 2.45) is 5.92 Å². The Bertz CT molecular complexity index is 443. The van der Waals surface area contributed by atoms with E-state index in [9.17, 15) is 9.90 Å². The molecule has 0 unspecified atom stereocenters. The van der Waals surface area contributed by atoms with E-state index in [1.165, 1.54) is 5.57 Å². The lowest BCUT2D eigenvalue weighted by atomic mass is 9.97. The number of carbonyl (C=O) groups is 1. The van der Waals surface area contributed by atoms with Crippen molar-refractivity contribution in [1.82, 2.24) is 0 Å². The number of ether oxygens (including phenoxy) is 1. The molecule has 0 radical (unpaired) electrons. The van der Waals surface area contributed by atoms with E-state index in [-0.39, 0.29) is 29.3 Å². The molecule has 0 heterocycles. The van der Waals surface area contributed by atoms with Crippen LogP contribution in [-0.4, -0.2) is 45.1 Å². The first-order valence-corrected chi connectivity index (χ1v) is 13.1. The van der Waals surface area contributed by atoms with Gasteiger partial charge in [-0.05, 0) is 35.6 Å². The second-order valence-electron chi connectivity index (χ2n) is 8.58. The molecule has 0 aliphatic rings. The van der Waals surface area contributed by atoms with Crippen molar-refractivity contribution in [3.05, 3.63) is 9.66 Å². The third kappa shape index (κ3) is 9.65. The smallest absolute Gasteiger partial charge is 0.191 e. The molecule has 0 saturated heterocycles. The number of methoxy groups -OCH3 is 1. The number of ketones is 1. The molecule has 0 fully saturated rings. The third-order valence-electron chi connectivity index (χ3n) is 5.13. The quantitative estimate of drug-likeness (QED) is 0.328. The highest BCUT2D eigenvalue weighted by atomic mass is 127. The average molecular weight is 484 g/mol. The fourth-order valence-corrected chi connectivity index (χ4v) is 3.45. The summed E-state index contributed by atoms with van der Waals surface area (Å²) in [4.78, 5) is 12.3. The Kier molecular flexibility index (Phi) is 11.3. The summed E-state index contributed by atoms with van der Waals surface area (Å²) in [5.74, 6) is -0.0187. The monoisotopic (exact) mass is 484 g/mol. The summed E-state index contributed by atoms with van der Waals surface area (Å²) in [6.07, 6.45) is 0.450. The number of carbonyl (C=O) groups excluding carboxylic acids is 1. The molecule has 148 valence electrons. The van der Waals surface area contributed by atoms with Crippen LogP contribution in [0.4, 0.5) is 0 Å². The van der Waals surface area contributed by atoms with Crippen LogP contribution in [0.1, 0.15) is 53.9 Å². The van der Waals surface area contributed by atoms with Crippen molar-refractivity contribution >= 4 is 36.7 Å². The van der Waals surface area contributed by atoms with E-state index in [4.69, 9.17) is 9.16 Å². The van der Waals surface area contributed by atoms with Crippen molar-refractivity contribution in [3.63, 3.8) is 0 Å². The lowest BCUT2D eigenvalue weighted by molar-refractivity contribution is -0.124. The van der Waals surface area contributed by atoms with E-state index in [0.29, 0.717) is 13.0 Å². The highest BCUT2D eigenvalue weighted by molar-refractivity contribution is 14.1. The van der Waals surface area contributed by atoms with E-state index in [1.54, 1.807) is 7.11 Å². The van der Waals surface area contributed by atoms with Gasteiger partial charge in [-0.2, -0.15) is 0 Å². The fourth-order valence-electron chi connectivity index (χ4n) is 2.08. The van der Waals surface area contributed by atoms with Gasteiger partial charge in [0.2, 0.25) is 0 Å². The summed E-state index contributed by atoms with van der Waals surface area (Å²) >= 11 is 2.19. The van der Waals surface area contributed by atoms with Crippen molar-refractivity contribution < 1.29 is 19.1 Å². The molecule has 0 amide bonds. The van der Waals surface area contributed by atoms with E-state index in [0.717, 1.165) is 6.42 Å². The van der Waals surface area contributed by atoms with Gasteiger partial charge >= 0.3 is 0 Å². The third-order valence-corrected chi connectivity index (χ3v) is 10.7. The number of halogens is 1. The van der Waals surface area contributed by atoms with E-state index < -0.39 is 14.4 Å². The van der Waals surface area contributed by atoms with Crippen LogP contribution in [0.2, 0.25) is 18.1 Å².